The van der Waals surface area contributed by atoms with E-state index in [1.165, 1.54) is 0 Å². The molecule has 0 aliphatic carbocycles. The smallest absolute Gasteiger partial charge is 0.253 e. The molecule has 2 N–H and O–H groups in total. The topological polar surface area (TPSA) is 68.2 Å². The number of para-hydroxylation sites is 1. The average Bonchev–Trinajstić information content (AvgIpc) is 2.85. The quantitative estimate of drug-likeness (QED) is 0.349. The summed E-state index contributed by atoms with van der Waals surface area (Å²) in [4.78, 5) is 21.9. The van der Waals surface area contributed by atoms with Crippen molar-refractivity contribution in [1.29, 1.82) is 0 Å². The number of hydrogen-bond acceptors (Lipinski definition) is 4. The van der Waals surface area contributed by atoms with Gasteiger partial charge in [-0.15, -0.1) is 0 Å². The average molecular weight is 479 g/mol. The number of nitrogens with zero attached hydrogens (tertiary/aromatic N) is 3. The van der Waals surface area contributed by atoms with Crippen molar-refractivity contribution >= 4 is 26.0 Å². The van der Waals surface area contributed by atoms with E-state index in [1.807, 2.05) is 74.4 Å². The van der Waals surface area contributed by atoms with Crippen LogP contribution in [0.5, 0.6) is 5.75 Å². The van der Waals surface area contributed by atoms with Crippen LogP contribution in [0.15, 0.2) is 82.9 Å². The van der Waals surface area contributed by atoms with E-state index in [4.69, 9.17) is 4.99 Å². The molecule has 6 nitrogen and oxygen atoms in total. The Balaban J connectivity index is 1.88. The molecule has 0 spiro atoms. The Labute approximate surface area is 204 Å². The Morgan fingerprint density at radius 3 is 2.56 bits per heavy atom. The fourth-order valence-electron chi connectivity index (χ4n) is 4.16. The van der Waals surface area contributed by atoms with Gasteiger partial charge in [-0.3, -0.25) is 9.79 Å². The molecule has 1 saturated heterocycles. The number of carbonyl (C=O) groups excluding carboxylic acids is 1. The van der Waals surface area contributed by atoms with E-state index in [1.54, 1.807) is 6.07 Å². The number of allylic oxidation sites excluding steroid dienone is 4. The van der Waals surface area contributed by atoms with Crippen molar-refractivity contribution in [3.05, 3.63) is 83.5 Å². The van der Waals surface area contributed by atoms with Gasteiger partial charge in [-0.05, 0) is 45.5 Å². The molecule has 1 atom stereocenters. The highest BCUT2D eigenvalue weighted by atomic mass is 31.1. The lowest BCUT2D eigenvalue weighted by Gasteiger charge is -2.34. The second kappa shape index (κ2) is 11.8. The van der Waals surface area contributed by atoms with Crippen LogP contribution in [-0.4, -0.2) is 59.5 Å². The summed E-state index contributed by atoms with van der Waals surface area (Å²) in [5, 5.41) is 15.0. The molecule has 2 heterocycles. The van der Waals surface area contributed by atoms with Crippen LogP contribution in [0.4, 0.5) is 0 Å². The number of likely N-dealkylation sites (tertiary alicyclic amines) is 1. The second-order valence-electron chi connectivity index (χ2n) is 8.23. The molecule has 2 aliphatic heterocycles. The van der Waals surface area contributed by atoms with E-state index in [0.29, 0.717) is 21.7 Å². The summed E-state index contributed by atoms with van der Waals surface area (Å²) in [7, 11) is 2.55. The number of phenolic OH excluding ortho intramolecular Hbond substituents is 1. The van der Waals surface area contributed by atoms with Crippen molar-refractivity contribution in [1.82, 2.24) is 15.1 Å². The molecular formula is C27H35N4O2P. The highest BCUT2D eigenvalue weighted by Crippen LogP contribution is 2.32. The number of nitrogens with one attached hydrogen (secondary N) is 1. The first-order valence-corrected chi connectivity index (χ1v) is 13.1. The maximum absolute atomic E-state index is 12.8. The lowest BCUT2D eigenvalue weighted by molar-refractivity contribution is -0.127. The summed E-state index contributed by atoms with van der Waals surface area (Å²) in [6.45, 7) is 11.3. The molecule has 34 heavy (non-hydrogen) atoms. The maximum Gasteiger partial charge on any atom is 0.253 e. The van der Waals surface area contributed by atoms with Gasteiger partial charge in [0.2, 0.25) is 0 Å². The molecule has 7 heteroatoms. The predicted octanol–water partition coefficient (Wildman–Crippen LogP) is 4.84. The van der Waals surface area contributed by atoms with Crippen molar-refractivity contribution in [2.75, 3.05) is 26.8 Å². The van der Waals surface area contributed by atoms with E-state index >= 15 is 0 Å². The third-order valence-corrected chi connectivity index (χ3v) is 7.08. The standard InChI is InChI=1S/C27H35N4O2P/c1-6-11-19(7-2)27(33)31-16-14-20(15-17-31)28-25-18-22(21-12-9-10-13-23(21)32)29-26(30(25)4)24(8-3)34-5/h6-13,18,20,29,32,34H,3,14-17H2,1-2,4-5H3/b11-6-,19-7+,26-24+,28-25?. The normalized spacial score (nSPS) is 20.8. The van der Waals surface area contributed by atoms with Gasteiger partial charge in [0.25, 0.3) is 5.91 Å². The van der Waals surface area contributed by atoms with Crippen LogP contribution in [-0.2, 0) is 4.79 Å². The van der Waals surface area contributed by atoms with Gasteiger partial charge in [-0.1, -0.05) is 51.6 Å². The molecule has 0 saturated carbocycles. The van der Waals surface area contributed by atoms with Crippen LogP contribution >= 0.6 is 8.58 Å². The third-order valence-electron chi connectivity index (χ3n) is 6.10. The summed E-state index contributed by atoms with van der Waals surface area (Å²) in [6.07, 6.45) is 11.1. The summed E-state index contributed by atoms with van der Waals surface area (Å²) < 4.78 is 0. The molecule has 180 valence electrons. The minimum atomic E-state index is 0.0807. The molecule has 0 radical (unpaired) electrons. The van der Waals surface area contributed by atoms with Crippen LogP contribution in [0.2, 0.25) is 0 Å². The number of likely N-dealkylation sites (N-methyl/N-ethyl adjacent to an activating group) is 1. The Bertz CT molecular complexity index is 1080. The van der Waals surface area contributed by atoms with Gasteiger partial charge in [0, 0.05) is 42.7 Å². The first-order valence-electron chi connectivity index (χ1n) is 11.6. The third kappa shape index (κ3) is 5.68. The summed E-state index contributed by atoms with van der Waals surface area (Å²) in [6, 6.07) is 7.42. The van der Waals surface area contributed by atoms with Crippen molar-refractivity contribution in [2.45, 2.75) is 32.7 Å². The number of aliphatic imine (C=N–C) groups is 1. The number of carbonyl (C=O) groups is 1. The van der Waals surface area contributed by atoms with Gasteiger partial charge in [-0.2, -0.15) is 0 Å². The number of amides is 1. The van der Waals surface area contributed by atoms with Crippen LogP contribution in [0.1, 0.15) is 32.3 Å². The van der Waals surface area contributed by atoms with Gasteiger partial charge >= 0.3 is 0 Å². The Morgan fingerprint density at radius 2 is 1.97 bits per heavy atom. The van der Waals surface area contributed by atoms with Crippen LogP contribution in [0.3, 0.4) is 0 Å². The number of piperidine rings is 1. The lowest BCUT2D eigenvalue weighted by atomic mass is 10.0. The SMILES string of the molecule is C=C/C(PC)=C1/NC(c2ccccc2O)=CC(=NC2CCN(C(=O)C(/C=C\C)=C/C)CC2)N1C. The highest BCUT2D eigenvalue weighted by Gasteiger charge is 2.27. The number of phenols is 1. The van der Waals surface area contributed by atoms with Crippen molar-refractivity contribution in [3.8, 4) is 5.75 Å². The van der Waals surface area contributed by atoms with Gasteiger partial charge in [0.05, 0.1) is 11.7 Å². The first-order chi connectivity index (χ1) is 16.4. The molecule has 1 amide bonds. The van der Waals surface area contributed by atoms with E-state index in [0.717, 1.165) is 46.6 Å². The number of benzene rings is 1. The zero-order chi connectivity index (χ0) is 24.7. The molecule has 3 rings (SSSR count). The molecule has 1 unspecified atom stereocenters. The minimum absolute atomic E-state index is 0.0807. The molecule has 1 aromatic rings. The van der Waals surface area contributed by atoms with Crippen molar-refractivity contribution in [3.63, 3.8) is 0 Å². The van der Waals surface area contributed by atoms with Crippen molar-refractivity contribution in [2.24, 2.45) is 4.99 Å². The minimum Gasteiger partial charge on any atom is -0.507 e. The summed E-state index contributed by atoms with van der Waals surface area (Å²) >= 11 is 0. The van der Waals surface area contributed by atoms with Gasteiger partial charge < -0.3 is 20.2 Å². The van der Waals surface area contributed by atoms with Crippen molar-refractivity contribution < 1.29 is 9.90 Å². The monoisotopic (exact) mass is 478 g/mol. The molecule has 1 aromatic carbocycles. The zero-order valence-corrected chi connectivity index (χ0v) is 21.5. The lowest BCUT2D eigenvalue weighted by Crippen LogP contribution is -2.42. The van der Waals surface area contributed by atoms with Crippen LogP contribution < -0.4 is 5.32 Å². The van der Waals surface area contributed by atoms with E-state index in [-0.39, 0.29) is 17.7 Å². The fourth-order valence-corrected chi connectivity index (χ4v) is 4.83. The number of aromatic hydroxyl groups is 1. The van der Waals surface area contributed by atoms with Crippen LogP contribution in [0, 0.1) is 0 Å². The Morgan fingerprint density at radius 1 is 1.26 bits per heavy atom. The molecular weight excluding hydrogens is 443 g/mol. The molecule has 0 bridgehead atoms. The number of hydrogen-bond donors (Lipinski definition) is 2. The van der Waals surface area contributed by atoms with Gasteiger partial charge in [0.15, 0.2) is 0 Å². The maximum atomic E-state index is 12.8. The van der Waals surface area contributed by atoms with Gasteiger partial charge in [0.1, 0.15) is 17.4 Å². The van der Waals surface area contributed by atoms with Gasteiger partial charge in [-0.25, -0.2) is 0 Å². The number of rotatable bonds is 6. The fraction of sp³-hybridized carbons (Fsp3) is 0.333. The largest absolute Gasteiger partial charge is 0.507 e. The van der Waals surface area contributed by atoms with E-state index < -0.39 is 0 Å². The molecule has 0 aromatic heterocycles. The summed E-state index contributed by atoms with van der Waals surface area (Å²) in [5.74, 6) is 2.05. The predicted molar refractivity (Wildman–Crippen MR) is 144 cm³/mol. The Kier molecular flexibility index (Phi) is 8.89. The number of amidine groups is 1. The summed E-state index contributed by atoms with van der Waals surface area (Å²) in [5.41, 5.74) is 2.26. The second-order valence-corrected chi connectivity index (χ2v) is 9.27. The van der Waals surface area contributed by atoms with Crippen LogP contribution in [0.25, 0.3) is 5.70 Å². The molecule has 1 fully saturated rings. The zero-order valence-electron chi connectivity index (χ0n) is 20.5. The Hall–Kier alpha value is -3.11. The highest BCUT2D eigenvalue weighted by molar-refractivity contribution is 7.42. The molecule has 2 aliphatic rings. The van der Waals surface area contributed by atoms with E-state index in [9.17, 15) is 9.90 Å². The van der Waals surface area contributed by atoms with E-state index in [2.05, 4.69) is 23.5 Å². The first kappa shape index (κ1) is 25.5.